The summed E-state index contributed by atoms with van der Waals surface area (Å²) >= 11 is 0. The largest absolute Gasteiger partial charge is 0.396 e. The standard InChI is InChI=1S/C20H29N3O3/c24-8-4-7-21-11-17-10-18(25)12-23(17)20(13-21)14-22(15-20)19(26)9-16-5-2-1-3-6-16/h1-3,5-6,17-18,24-25H,4,7-15H2/t17-,18+/m0/s1. The number of benzene rings is 1. The Morgan fingerprint density at radius 2 is 1.92 bits per heavy atom. The summed E-state index contributed by atoms with van der Waals surface area (Å²) in [6.07, 6.45) is 1.79. The van der Waals surface area contributed by atoms with Crippen molar-refractivity contribution in [2.45, 2.75) is 36.9 Å². The van der Waals surface area contributed by atoms with Gasteiger partial charge in [-0.2, -0.15) is 0 Å². The maximum Gasteiger partial charge on any atom is 0.227 e. The summed E-state index contributed by atoms with van der Waals surface area (Å²) in [7, 11) is 0. The SMILES string of the molecule is O=C(Cc1ccccc1)N1CC2(CN(CCCO)C[C@@H]3C[C@@H](O)CN32)C1. The first-order valence-corrected chi connectivity index (χ1v) is 9.69. The lowest BCUT2D eigenvalue weighted by molar-refractivity contribution is -0.155. The van der Waals surface area contributed by atoms with Gasteiger partial charge in [-0.25, -0.2) is 0 Å². The highest BCUT2D eigenvalue weighted by atomic mass is 16.3. The highest BCUT2D eigenvalue weighted by Gasteiger charge is 2.56. The molecule has 3 saturated heterocycles. The van der Waals surface area contributed by atoms with Gasteiger partial charge in [-0.15, -0.1) is 0 Å². The molecule has 0 bridgehead atoms. The van der Waals surface area contributed by atoms with Crippen LogP contribution in [-0.2, 0) is 11.2 Å². The van der Waals surface area contributed by atoms with Gasteiger partial charge in [-0.1, -0.05) is 30.3 Å². The third-order valence-corrected chi connectivity index (χ3v) is 6.14. The number of amides is 1. The normalized spacial score (nSPS) is 28.2. The van der Waals surface area contributed by atoms with E-state index in [0.29, 0.717) is 12.5 Å². The fourth-order valence-corrected chi connectivity index (χ4v) is 4.98. The smallest absolute Gasteiger partial charge is 0.227 e. The van der Waals surface area contributed by atoms with E-state index in [4.69, 9.17) is 5.11 Å². The Bertz CT molecular complexity index is 632. The molecule has 0 radical (unpaired) electrons. The van der Waals surface area contributed by atoms with Crippen molar-refractivity contribution >= 4 is 5.91 Å². The minimum absolute atomic E-state index is 0.0256. The van der Waals surface area contributed by atoms with Crippen molar-refractivity contribution < 1.29 is 15.0 Å². The van der Waals surface area contributed by atoms with Crippen LogP contribution in [0.1, 0.15) is 18.4 Å². The number of nitrogens with zero attached hydrogens (tertiary/aromatic N) is 3. The molecule has 6 heteroatoms. The Morgan fingerprint density at radius 3 is 2.65 bits per heavy atom. The first-order chi connectivity index (χ1) is 12.6. The Hall–Kier alpha value is -1.47. The molecule has 3 aliphatic heterocycles. The molecule has 4 rings (SSSR count). The second kappa shape index (κ2) is 7.27. The first kappa shape index (κ1) is 17.9. The van der Waals surface area contributed by atoms with E-state index in [1.54, 1.807) is 0 Å². The Balaban J connectivity index is 1.41. The van der Waals surface area contributed by atoms with Gasteiger partial charge in [0.05, 0.1) is 18.1 Å². The van der Waals surface area contributed by atoms with Crippen LogP contribution in [0.15, 0.2) is 30.3 Å². The van der Waals surface area contributed by atoms with E-state index in [0.717, 1.165) is 57.7 Å². The van der Waals surface area contributed by atoms with Gasteiger partial charge in [-0.3, -0.25) is 14.6 Å². The zero-order valence-corrected chi connectivity index (χ0v) is 15.3. The van der Waals surface area contributed by atoms with Gasteiger partial charge >= 0.3 is 0 Å². The minimum atomic E-state index is -0.260. The summed E-state index contributed by atoms with van der Waals surface area (Å²) in [5, 5.41) is 19.3. The van der Waals surface area contributed by atoms with Crippen LogP contribution in [-0.4, -0.2) is 94.4 Å². The number of carbonyl (C=O) groups is 1. The maximum atomic E-state index is 12.6. The first-order valence-electron chi connectivity index (χ1n) is 9.69. The molecule has 1 amide bonds. The summed E-state index contributed by atoms with van der Waals surface area (Å²) in [6, 6.07) is 10.3. The van der Waals surface area contributed by atoms with Crippen molar-refractivity contribution in [2.75, 3.05) is 45.9 Å². The van der Waals surface area contributed by atoms with Gasteiger partial charge in [0.15, 0.2) is 0 Å². The van der Waals surface area contributed by atoms with Crippen molar-refractivity contribution in [3.63, 3.8) is 0 Å². The number of β-amino-alcohol motifs (C(OH)–C–C–N with tert-alkyl or cyclic N) is 1. The molecular formula is C20H29N3O3. The average Bonchev–Trinajstić information content (AvgIpc) is 2.98. The summed E-state index contributed by atoms with van der Waals surface area (Å²) in [5.74, 6) is 0.186. The number of hydrogen-bond donors (Lipinski definition) is 2. The molecule has 1 aromatic rings. The van der Waals surface area contributed by atoms with Crippen LogP contribution in [0.25, 0.3) is 0 Å². The van der Waals surface area contributed by atoms with Crippen LogP contribution >= 0.6 is 0 Å². The lowest BCUT2D eigenvalue weighted by atomic mass is 9.83. The maximum absolute atomic E-state index is 12.6. The molecule has 0 unspecified atom stereocenters. The number of carbonyl (C=O) groups excluding carboxylic acids is 1. The number of likely N-dealkylation sites (tertiary alicyclic amines) is 1. The predicted octanol–water partition coefficient (Wildman–Crippen LogP) is -0.0567. The van der Waals surface area contributed by atoms with E-state index in [2.05, 4.69) is 9.80 Å². The number of rotatable bonds is 5. The number of fused-ring (bicyclic) bond motifs is 2. The van der Waals surface area contributed by atoms with E-state index >= 15 is 0 Å². The Morgan fingerprint density at radius 1 is 1.15 bits per heavy atom. The third kappa shape index (κ3) is 3.39. The number of aliphatic hydroxyl groups excluding tert-OH is 2. The summed E-state index contributed by atoms with van der Waals surface area (Å²) in [5.41, 5.74) is 1.03. The van der Waals surface area contributed by atoms with E-state index in [9.17, 15) is 9.90 Å². The van der Waals surface area contributed by atoms with Gasteiger partial charge in [0.2, 0.25) is 5.91 Å². The van der Waals surface area contributed by atoms with Crippen molar-refractivity contribution in [2.24, 2.45) is 0 Å². The second-order valence-electron chi connectivity index (χ2n) is 8.14. The number of piperazine rings is 1. The van der Waals surface area contributed by atoms with Crippen molar-refractivity contribution in [1.29, 1.82) is 0 Å². The van der Waals surface area contributed by atoms with Crippen molar-refractivity contribution in [1.82, 2.24) is 14.7 Å². The molecule has 3 aliphatic rings. The second-order valence-corrected chi connectivity index (χ2v) is 8.14. The van der Waals surface area contributed by atoms with Crippen LogP contribution < -0.4 is 0 Å². The highest BCUT2D eigenvalue weighted by molar-refractivity contribution is 5.80. The van der Waals surface area contributed by atoms with E-state index < -0.39 is 0 Å². The zero-order chi connectivity index (χ0) is 18.1. The molecule has 3 heterocycles. The van der Waals surface area contributed by atoms with Crippen LogP contribution in [0.4, 0.5) is 0 Å². The van der Waals surface area contributed by atoms with Gasteiger partial charge in [0.25, 0.3) is 0 Å². The molecule has 6 nitrogen and oxygen atoms in total. The topological polar surface area (TPSA) is 67.2 Å². The molecule has 26 heavy (non-hydrogen) atoms. The lowest BCUT2D eigenvalue weighted by Gasteiger charge is -2.61. The summed E-state index contributed by atoms with van der Waals surface area (Å²) < 4.78 is 0. The monoisotopic (exact) mass is 359 g/mol. The fraction of sp³-hybridized carbons (Fsp3) is 0.650. The molecular weight excluding hydrogens is 330 g/mol. The summed E-state index contributed by atoms with van der Waals surface area (Å²) in [4.78, 5) is 19.5. The summed E-state index contributed by atoms with van der Waals surface area (Å²) in [6.45, 7) is 5.19. The lowest BCUT2D eigenvalue weighted by Crippen LogP contribution is -2.78. The fourth-order valence-electron chi connectivity index (χ4n) is 4.98. The van der Waals surface area contributed by atoms with Crippen molar-refractivity contribution in [3.05, 3.63) is 35.9 Å². The minimum Gasteiger partial charge on any atom is -0.396 e. The molecule has 0 aliphatic carbocycles. The van der Waals surface area contributed by atoms with Crippen LogP contribution in [0.2, 0.25) is 0 Å². The van der Waals surface area contributed by atoms with Gasteiger partial charge < -0.3 is 15.1 Å². The average molecular weight is 359 g/mol. The van der Waals surface area contributed by atoms with Crippen LogP contribution in [0.3, 0.4) is 0 Å². The molecule has 3 fully saturated rings. The highest BCUT2D eigenvalue weighted by Crippen LogP contribution is 2.39. The third-order valence-electron chi connectivity index (χ3n) is 6.14. The molecule has 2 N–H and O–H groups in total. The molecule has 0 saturated carbocycles. The molecule has 2 atom stereocenters. The molecule has 1 aromatic carbocycles. The number of aliphatic hydroxyl groups is 2. The zero-order valence-electron chi connectivity index (χ0n) is 15.3. The molecule has 1 spiro atoms. The van der Waals surface area contributed by atoms with Gasteiger partial charge in [0.1, 0.15) is 0 Å². The van der Waals surface area contributed by atoms with Gasteiger partial charge in [0, 0.05) is 51.9 Å². The van der Waals surface area contributed by atoms with Crippen molar-refractivity contribution in [3.8, 4) is 0 Å². The van der Waals surface area contributed by atoms with Gasteiger partial charge in [-0.05, 0) is 18.4 Å². The number of hydrogen-bond acceptors (Lipinski definition) is 5. The molecule has 0 aromatic heterocycles. The van der Waals surface area contributed by atoms with E-state index in [1.165, 1.54) is 0 Å². The van der Waals surface area contributed by atoms with Crippen LogP contribution in [0, 0.1) is 0 Å². The van der Waals surface area contributed by atoms with E-state index in [-0.39, 0.29) is 24.2 Å². The Kier molecular flexibility index (Phi) is 5.01. The Labute approximate surface area is 155 Å². The predicted molar refractivity (Wildman–Crippen MR) is 98.7 cm³/mol. The quantitative estimate of drug-likeness (QED) is 0.771. The molecule has 142 valence electrons. The van der Waals surface area contributed by atoms with Crippen LogP contribution in [0.5, 0.6) is 0 Å². The van der Waals surface area contributed by atoms with E-state index in [1.807, 2.05) is 35.2 Å².